The summed E-state index contributed by atoms with van der Waals surface area (Å²) in [5, 5.41) is 11.2. The zero-order valence-electron chi connectivity index (χ0n) is 19.9. The minimum Gasteiger partial charge on any atom is -0.507 e. The molecule has 33 heavy (non-hydrogen) atoms. The first kappa shape index (κ1) is 24.3. The van der Waals surface area contributed by atoms with Gasteiger partial charge in [-0.25, -0.2) is 0 Å². The number of benzene rings is 2. The van der Waals surface area contributed by atoms with Crippen LogP contribution in [0.5, 0.6) is 11.5 Å². The van der Waals surface area contributed by atoms with Crippen molar-refractivity contribution in [3.05, 3.63) is 65.2 Å². The number of aliphatic hydroxyl groups is 1. The fourth-order valence-corrected chi connectivity index (χ4v) is 3.70. The number of nitrogens with zero attached hydrogens (tertiary/aromatic N) is 2. The summed E-state index contributed by atoms with van der Waals surface area (Å²) in [6.45, 7) is 5.56. The Hall–Kier alpha value is -3.32. The molecule has 1 fully saturated rings. The quantitative estimate of drug-likeness (QED) is 0.355. The summed E-state index contributed by atoms with van der Waals surface area (Å²) in [5.74, 6) is 0.0810. The van der Waals surface area contributed by atoms with Gasteiger partial charge in [0.05, 0.1) is 25.3 Å². The number of likely N-dealkylation sites (N-methyl/N-ethyl adjacent to an activating group) is 1. The third kappa shape index (κ3) is 5.54. The van der Waals surface area contributed by atoms with Crippen molar-refractivity contribution in [3.63, 3.8) is 0 Å². The molecule has 1 aliphatic rings. The lowest BCUT2D eigenvalue weighted by molar-refractivity contribution is -0.140. The number of methoxy groups -OCH3 is 1. The third-order valence-corrected chi connectivity index (χ3v) is 5.45. The lowest BCUT2D eigenvalue weighted by Crippen LogP contribution is -2.35. The number of amides is 1. The van der Waals surface area contributed by atoms with Gasteiger partial charge in [-0.05, 0) is 49.8 Å². The Morgan fingerprint density at radius 1 is 1.09 bits per heavy atom. The standard InChI is InChI=1S/C26H32N2O5/c1-17(2)16-33-21-8-6-7-19(15-21)24(29)22-23(18-9-11-20(32-5)12-10-18)28(14-13-27(3)4)26(31)25(22)30/h6-12,15,17,23,29H,13-14,16H2,1-5H3/b24-22-. The Balaban J connectivity index is 2.07. The van der Waals surface area contributed by atoms with E-state index in [1.807, 2.05) is 45.0 Å². The van der Waals surface area contributed by atoms with E-state index in [0.717, 1.165) is 5.56 Å². The van der Waals surface area contributed by atoms with E-state index in [1.54, 1.807) is 43.5 Å². The maximum Gasteiger partial charge on any atom is 0.295 e. The molecule has 0 bridgehead atoms. The van der Waals surface area contributed by atoms with E-state index in [9.17, 15) is 14.7 Å². The van der Waals surface area contributed by atoms with E-state index in [1.165, 1.54) is 4.90 Å². The average molecular weight is 453 g/mol. The summed E-state index contributed by atoms with van der Waals surface area (Å²) in [7, 11) is 5.38. The highest BCUT2D eigenvalue weighted by Crippen LogP contribution is 2.40. The topological polar surface area (TPSA) is 79.3 Å². The van der Waals surface area contributed by atoms with Gasteiger partial charge in [0.15, 0.2) is 0 Å². The van der Waals surface area contributed by atoms with Crippen LogP contribution in [-0.4, -0.2) is 67.5 Å². The maximum atomic E-state index is 13.1. The number of rotatable bonds is 9. The number of carbonyl (C=O) groups is 2. The molecule has 1 heterocycles. The van der Waals surface area contributed by atoms with Crippen LogP contribution < -0.4 is 9.47 Å². The van der Waals surface area contributed by atoms with Crippen molar-refractivity contribution in [2.24, 2.45) is 5.92 Å². The van der Waals surface area contributed by atoms with Gasteiger partial charge in [0.1, 0.15) is 17.3 Å². The number of carbonyl (C=O) groups excluding carboxylic acids is 2. The first-order chi connectivity index (χ1) is 15.7. The monoisotopic (exact) mass is 452 g/mol. The van der Waals surface area contributed by atoms with Gasteiger partial charge in [-0.1, -0.05) is 38.1 Å². The van der Waals surface area contributed by atoms with E-state index in [-0.39, 0.29) is 11.3 Å². The summed E-state index contributed by atoms with van der Waals surface area (Å²) in [6.07, 6.45) is 0. The molecule has 0 aliphatic carbocycles. The zero-order valence-corrected chi connectivity index (χ0v) is 19.9. The molecule has 176 valence electrons. The summed E-state index contributed by atoms with van der Waals surface area (Å²) in [6, 6.07) is 13.4. The van der Waals surface area contributed by atoms with Crippen LogP contribution in [0.25, 0.3) is 5.76 Å². The molecule has 7 heteroatoms. The predicted molar refractivity (Wildman–Crippen MR) is 127 cm³/mol. The molecule has 1 amide bonds. The molecule has 2 aromatic rings. The van der Waals surface area contributed by atoms with Crippen molar-refractivity contribution < 1.29 is 24.2 Å². The first-order valence-corrected chi connectivity index (χ1v) is 11.0. The van der Waals surface area contributed by atoms with Gasteiger partial charge < -0.3 is 24.4 Å². The second-order valence-electron chi connectivity index (χ2n) is 8.80. The second kappa shape index (κ2) is 10.5. The number of ketones is 1. The lowest BCUT2D eigenvalue weighted by Gasteiger charge is -2.26. The van der Waals surface area contributed by atoms with Crippen LogP contribution in [0.2, 0.25) is 0 Å². The number of Topliss-reactive ketones (excluding diaryl/α,β-unsaturated/α-hetero) is 1. The van der Waals surface area contributed by atoms with Crippen molar-refractivity contribution in [3.8, 4) is 11.5 Å². The van der Waals surface area contributed by atoms with Crippen molar-refractivity contribution in [2.75, 3.05) is 40.9 Å². The van der Waals surface area contributed by atoms with Gasteiger partial charge in [-0.15, -0.1) is 0 Å². The molecule has 0 spiro atoms. The van der Waals surface area contributed by atoms with E-state index in [2.05, 4.69) is 0 Å². The molecule has 1 N–H and O–H groups in total. The number of hydrogen-bond acceptors (Lipinski definition) is 6. The molecule has 0 saturated carbocycles. The van der Waals surface area contributed by atoms with E-state index in [4.69, 9.17) is 9.47 Å². The minimum absolute atomic E-state index is 0.0740. The summed E-state index contributed by atoms with van der Waals surface area (Å²) >= 11 is 0. The Morgan fingerprint density at radius 2 is 1.79 bits per heavy atom. The van der Waals surface area contributed by atoms with Gasteiger partial charge in [-0.3, -0.25) is 9.59 Å². The zero-order chi connectivity index (χ0) is 24.1. The fraction of sp³-hybridized carbons (Fsp3) is 0.385. The van der Waals surface area contributed by atoms with Crippen molar-refractivity contribution in [1.29, 1.82) is 0 Å². The van der Waals surface area contributed by atoms with Crippen molar-refractivity contribution in [1.82, 2.24) is 9.80 Å². The normalized spacial score (nSPS) is 17.8. The summed E-state index contributed by atoms with van der Waals surface area (Å²) < 4.78 is 11.0. The van der Waals surface area contributed by atoms with Crippen molar-refractivity contribution >= 4 is 17.4 Å². The molecule has 1 saturated heterocycles. The fourth-order valence-electron chi connectivity index (χ4n) is 3.70. The lowest BCUT2D eigenvalue weighted by atomic mass is 9.95. The highest BCUT2D eigenvalue weighted by Gasteiger charge is 2.45. The number of aliphatic hydroxyl groups excluding tert-OH is 1. The van der Waals surface area contributed by atoms with Crippen LogP contribution >= 0.6 is 0 Å². The van der Waals surface area contributed by atoms with Gasteiger partial charge in [0, 0.05) is 18.7 Å². The average Bonchev–Trinajstić information content (AvgIpc) is 3.06. The van der Waals surface area contributed by atoms with Crippen LogP contribution in [0, 0.1) is 5.92 Å². The highest BCUT2D eigenvalue weighted by atomic mass is 16.5. The number of hydrogen-bond donors (Lipinski definition) is 1. The molecule has 2 aromatic carbocycles. The van der Waals surface area contributed by atoms with Gasteiger partial charge in [0.25, 0.3) is 11.7 Å². The Bertz CT molecular complexity index is 1030. The van der Waals surface area contributed by atoms with E-state index >= 15 is 0 Å². The molecule has 0 aromatic heterocycles. The molecule has 1 atom stereocenters. The highest BCUT2D eigenvalue weighted by molar-refractivity contribution is 6.46. The van der Waals surface area contributed by atoms with Gasteiger partial charge in [-0.2, -0.15) is 0 Å². The summed E-state index contributed by atoms with van der Waals surface area (Å²) in [4.78, 5) is 29.5. The molecule has 1 unspecified atom stereocenters. The smallest absolute Gasteiger partial charge is 0.295 e. The third-order valence-electron chi connectivity index (χ3n) is 5.45. The Morgan fingerprint density at radius 3 is 2.39 bits per heavy atom. The minimum atomic E-state index is -0.698. The van der Waals surface area contributed by atoms with Crippen molar-refractivity contribution in [2.45, 2.75) is 19.9 Å². The second-order valence-corrected chi connectivity index (χ2v) is 8.80. The Labute approximate surface area is 195 Å². The SMILES string of the molecule is COc1ccc(C2/C(=C(/O)c3cccc(OCC(C)C)c3)C(=O)C(=O)N2CCN(C)C)cc1. The van der Waals surface area contributed by atoms with Crippen LogP contribution in [0.1, 0.15) is 31.0 Å². The maximum absolute atomic E-state index is 13.1. The molecule has 7 nitrogen and oxygen atoms in total. The Kier molecular flexibility index (Phi) is 7.76. The van der Waals surface area contributed by atoms with E-state index < -0.39 is 17.7 Å². The number of likely N-dealkylation sites (tertiary alicyclic amines) is 1. The first-order valence-electron chi connectivity index (χ1n) is 11.0. The van der Waals surface area contributed by atoms with Gasteiger partial charge >= 0.3 is 0 Å². The summed E-state index contributed by atoms with van der Waals surface area (Å²) in [5.41, 5.74) is 1.23. The van der Waals surface area contributed by atoms with Crippen LogP contribution in [0.3, 0.4) is 0 Å². The number of ether oxygens (including phenoxy) is 2. The van der Waals surface area contributed by atoms with Crippen LogP contribution in [-0.2, 0) is 9.59 Å². The largest absolute Gasteiger partial charge is 0.507 e. The van der Waals surface area contributed by atoms with Gasteiger partial charge in [0.2, 0.25) is 0 Å². The molecule has 3 rings (SSSR count). The predicted octanol–water partition coefficient (Wildman–Crippen LogP) is 3.71. The van der Waals surface area contributed by atoms with Crippen LogP contribution in [0.15, 0.2) is 54.1 Å². The van der Waals surface area contributed by atoms with E-state index in [0.29, 0.717) is 42.7 Å². The molecular weight excluding hydrogens is 420 g/mol. The molecule has 0 radical (unpaired) electrons. The van der Waals surface area contributed by atoms with Crippen LogP contribution in [0.4, 0.5) is 0 Å². The molecular formula is C26H32N2O5. The molecule has 1 aliphatic heterocycles.